The Hall–Kier alpha value is -6.31. The standard InChI is InChI=1S/C48H29N/c1-28-27-40-44-32(19-10-21-36(44)37-22-12-24-41(49-28)46(37)40)31-25-26-39-45-33(31)20-11-23-38(45)47-42(29-13-4-2-5-14-29)34-17-8-9-18-35(34)43(48(39)47)30-15-6-3-7-16-30/h2-27H,1H3. The quantitative estimate of drug-likeness (QED) is 0.192. The summed E-state index contributed by atoms with van der Waals surface area (Å²) in [6.07, 6.45) is 0. The smallest absolute Gasteiger partial charge is 0.0717 e. The van der Waals surface area contributed by atoms with E-state index in [0.717, 1.165) is 11.2 Å². The summed E-state index contributed by atoms with van der Waals surface area (Å²) in [5.41, 5.74) is 20.2. The van der Waals surface area contributed by atoms with Gasteiger partial charge in [-0.3, -0.25) is 4.98 Å². The van der Waals surface area contributed by atoms with Crippen LogP contribution in [0.25, 0.3) is 110 Å². The van der Waals surface area contributed by atoms with Crippen molar-refractivity contribution in [2.45, 2.75) is 6.92 Å². The molecular formula is C48H29N. The lowest BCUT2D eigenvalue weighted by molar-refractivity contribution is 1.26. The lowest BCUT2D eigenvalue weighted by Gasteiger charge is -2.20. The first-order valence-corrected chi connectivity index (χ1v) is 17.1. The molecule has 0 fully saturated rings. The van der Waals surface area contributed by atoms with Gasteiger partial charge in [0.25, 0.3) is 0 Å². The van der Waals surface area contributed by atoms with Gasteiger partial charge >= 0.3 is 0 Å². The molecule has 1 heteroatoms. The van der Waals surface area contributed by atoms with Crippen LogP contribution in [0.5, 0.6) is 0 Å². The zero-order valence-electron chi connectivity index (χ0n) is 27.0. The van der Waals surface area contributed by atoms with Crippen LogP contribution in [0.3, 0.4) is 0 Å². The average molecular weight is 620 g/mol. The van der Waals surface area contributed by atoms with Crippen LogP contribution in [0.1, 0.15) is 5.69 Å². The minimum Gasteiger partial charge on any atom is -0.253 e. The summed E-state index contributed by atoms with van der Waals surface area (Å²) in [5, 5.41) is 6.46. The van der Waals surface area contributed by atoms with Crippen LogP contribution in [0.2, 0.25) is 0 Å². The SMILES string of the molecule is Cc1cc2c3c(cccc3n1)-c1cccc(-c3ccc4c5c(cccc35)-c3c-4c(-c4ccccc4)c4ccccc4c3-c3ccccc3)c1-2. The van der Waals surface area contributed by atoms with Crippen molar-refractivity contribution in [2.24, 2.45) is 0 Å². The summed E-state index contributed by atoms with van der Waals surface area (Å²) in [5.74, 6) is 0. The van der Waals surface area contributed by atoms with Gasteiger partial charge in [-0.15, -0.1) is 0 Å². The van der Waals surface area contributed by atoms with E-state index in [9.17, 15) is 0 Å². The molecule has 0 amide bonds. The number of nitrogens with zero attached hydrogens (tertiary/aromatic N) is 1. The second-order valence-corrected chi connectivity index (χ2v) is 13.4. The lowest BCUT2D eigenvalue weighted by Crippen LogP contribution is -1.93. The average Bonchev–Trinajstić information content (AvgIpc) is 3.66. The molecule has 8 aromatic carbocycles. The van der Waals surface area contributed by atoms with Crippen molar-refractivity contribution in [3.8, 4) is 77.9 Å². The number of hydrogen-bond donors (Lipinski definition) is 0. The molecule has 0 saturated heterocycles. The maximum atomic E-state index is 4.92. The topological polar surface area (TPSA) is 12.9 Å². The van der Waals surface area contributed by atoms with Crippen molar-refractivity contribution >= 4 is 32.4 Å². The highest BCUT2D eigenvalue weighted by Gasteiger charge is 2.32. The Morgan fingerprint density at radius 3 is 1.53 bits per heavy atom. The van der Waals surface area contributed by atoms with Gasteiger partial charge in [0.2, 0.25) is 0 Å². The molecule has 0 spiro atoms. The Labute approximate surface area is 284 Å². The summed E-state index contributed by atoms with van der Waals surface area (Å²) in [4.78, 5) is 4.92. The van der Waals surface area contributed by atoms with Crippen LogP contribution in [0.4, 0.5) is 0 Å². The number of aryl methyl sites for hydroxylation is 1. The molecule has 0 atom stereocenters. The molecule has 0 saturated carbocycles. The number of rotatable bonds is 3. The van der Waals surface area contributed by atoms with Crippen LogP contribution in [-0.2, 0) is 0 Å². The molecule has 49 heavy (non-hydrogen) atoms. The summed E-state index contributed by atoms with van der Waals surface area (Å²) in [7, 11) is 0. The van der Waals surface area contributed by atoms with Gasteiger partial charge in [0.05, 0.1) is 5.52 Å². The molecule has 0 aliphatic heterocycles. The van der Waals surface area contributed by atoms with Crippen molar-refractivity contribution in [1.82, 2.24) is 4.98 Å². The molecule has 226 valence electrons. The molecule has 9 aromatic rings. The highest BCUT2D eigenvalue weighted by molar-refractivity contribution is 6.29. The molecule has 0 bridgehead atoms. The fourth-order valence-electron chi connectivity index (χ4n) is 8.98. The zero-order valence-corrected chi connectivity index (χ0v) is 27.0. The van der Waals surface area contributed by atoms with Crippen LogP contribution in [-0.4, -0.2) is 4.98 Å². The number of hydrogen-bond acceptors (Lipinski definition) is 1. The predicted octanol–water partition coefficient (Wildman–Crippen LogP) is 13.1. The van der Waals surface area contributed by atoms with Gasteiger partial charge in [-0.05, 0) is 118 Å². The fraction of sp³-hybridized carbons (Fsp3) is 0.0208. The van der Waals surface area contributed by atoms with Gasteiger partial charge in [-0.2, -0.15) is 0 Å². The van der Waals surface area contributed by atoms with Crippen LogP contribution in [0.15, 0.2) is 158 Å². The van der Waals surface area contributed by atoms with E-state index >= 15 is 0 Å². The van der Waals surface area contributed by atoms with Gasteiger partial charge in [0.15, 0.2) is 0 Å². The monoisotopic (exact) mass is 619 g/mol. The molecule has 2 aliphatic carbocycles. The third kappa shape index (κ3) is 3.57. The second-order valence-electron chi connectivity index (χ2n) is 13.4. The molecule has 1 heterocycles. The normalized spacial score (nSPS) is 12.2. The number of fused-ring (bicyclic) bond motifs is 7. The highest BCUT2D eigenvalue weighted by Crippen LogP contribution is 2.59. The Morgan fingerprint density at radius 2 is 0.837 bits per heavy atom. The summed E-state index contributed by atoms with van der Waals surface area (Å²) in [6.45, 7) is 2.11. The molecule has 0 unspecified atom stereocenters. The molecular weight excluding hydrogens is 591 g/mol. The van der Waals surface area contributed by atoms with Gasteiger partial charge in [0.1, 0.15) is 0 Å². The van der Waals surface area contributed by atoms with E-state index in [0.29, 0.717) is 0 Å². The third-order valence-electron chi connectivity index (χ3n) is 10.8. The van der Waals surface area contributed by atoms with Gasteiger partial charge in [-0.25, -0.2) is 0 Å². The van der Waals surface area contributed by atoms with Gasteiger partial charge < -0.3 is 0 Å². The van der Waals surface area contributed by atoms with Crippen molar-refractivity contribution < 1.29 is 0 Å². The van der Waals surface area contributed by atoms with E-state index in [1.165, 1.54) is 105 Å². The molecule has 0 radical (unpaired) electrons. The van der Waals surface area contributed by atoms with E-state index in [1.54, 1.807) is 0 Å². The summed E-state index contributed by atoms with van der Waals surface area (Å²) in [6, 6.07) is 58.3. The van der Waals surface area contributed by atoms with E-state index in [1.807, 2.05) is 0 Å². The molecule has 1 nitrogen and oxygen atoms in total. The Kier molecular flexibility index (Phi) is 5.38. The Morgan fingerprint density at radius 1 is 0.327 bits per heavy atom. The number of benzene rings is 8. The first kappa shape index (κ1) is 26.7. The highest BCUT2D eigenvalue weighted by atomic mass is 14.7. The maximum Gasteiger partial charge on any atom is 0.0717 e. The maximum absolute atomic E-state index is 4.92. The largest absolute Gasteiger partial charge is 0.253 e. The molecule has 11 rings (SSSR count). The Bertz CT molecular complexity index is 2770. The minimum absolute atomic E-state index is 1.05. The molecule has 0 N–H and O–H groups in total. The fourth-order valence-corrected chi connectivity index (χ4v) is 8.98. The lowest BCUT2D eigenvalue weighted by atomic mass is 9.82. The van der Waals surface area contributed by atoms with Crippen LogP contribution >= 0.6 is 0 Å². The predicted molar refractivity (Wildman–Crippen MR) is 207 cm³/mol. The van der Waals surface area contributed by atoms with Crippen molar-refractivity contribution in [1.29, 1.82) is 0 Å². The first-order valence-electron chi connectivity index (χ1n) is 17.1. The van der Waals surface area contributed by atoms with Crippen molar-refractivity contribution in [3.05, 3.63) is 163 Å². The number of aromatic nitrogens is 1. The van der Waals surface area contributed by atoms with Crippen molar-refractivity contribution in [2.75, 3.05) is 0 Å². The van der Waals surface area contributed by atoms with E-state index in [4.69, 9.17) is 4.98 Å². The van der Waals surface area contributed by atoms with Gasteiger partial charge in [0, 0.05) is 11.1 Å². The van der Waals surface area contributed by atoms with Crippen LogP contribution < -0.4 is 0 Å². The van der Waals surface area contributed by atoms with Crippen molar-refractivity contribution in [3.63, 3.8) is 0 Å². The summed E-state index contributed by atoms with van der Waals surface area (Å²) < 4.78 is 0. The van der Waals surface area contributed by atoms with E-state index < -0.39 is 0 Å². The third-order valence-corrected chi connectivity index (χ3v) is 10.8. The molecule has 2 aliphatic rings. The van der Waals surface area contributed by atoms with Crippen LogP contribution in [0, 0.1) is 6.92 Å². The minimum atomic E-state index is 1.05. The van der Waals surface area contributed by atoms with E-state index in [2.05, 4.69) is 165 Å². The zero-order chi connectivity index (χ0) is 32.2. The first-order chi connectivity index (χ1) is 24.3. The van der Waals surface area contributed by atoms with E-state index in [-0.39, 0.29) is 0 Å². The second kappa shape index (κ2) is 9.86. The van der Waals surface area contributed by atoms with Gasteiger partial charge in [-0.1, -0.05) is 146 Å². The Balaban J connectivity index is 1.26. The summed E-state index contributed by atoms with van der Waals surface area (Å²) >= 11 is 0. The number of pyridine rings is 1. The molecule has 1 aromatic heterocycles.